The van der Waals surface area contributed by atoms with Gasteiger partial charge in [-0.05, 0) is 70.2 Å². The van der Waals surface area contributed by atoms with Gasteiger partial charge in [0, 0.05) is 24.7 Å². The van der Waals surface area contributed by atoms with Crippen molar-refractivity contribution in [3.8, 4) is 0 Å². The van der Waals surface area contributed by atoms with E-state index in [2.05, 4.69) is 9.97 Å². The number of amides is 1. The Morgan fingerprint density at radius 1 is 0.950 bits per heavy atom. The number of carbonyl (C=O) groups is 1. The number of halogens is 6. The fourth-order valence-electron chi connectivity index (χ4n) is 4.99. The molecule has 2 aromatic rings. The molecule has 1 amide bonds. The standard InChI is InChI=1S/C27H35F6N5O2/c1-6-20-11-22(12-21(7-2)38(20)24(39)40-25(3,4)5)37(23-35-13-19(34)14-36-23)15-16-8-17(26(28,29)30)10-18(9-16)27(31,32)33/h8-10,13-14,20-22H,6-7,11-12,15,34H2,1-5H3/t20-,21+,22?. The van der Waals surface area contributed by atoms with Crippen molar-refractivity contribution in [2.24, 2.45) is 0 Å². The smallest absolute Gasteiger partial charge is 0.416 e. The summed E-state index contributed by atoms with van der Waals surface area (Å²) >= 11 is 0. The van der Waals surface area contributed by atoms with Crippen LogP contribution in [-0.2, 0) is 23.6 Å². The number of nitrogens with two attached hydrogens (primary N) is 1. The molecule has 0 bridgehead atoms. The quantitative estimate of drug-likeness (QED) is 0.371. The molecule has 2 heterocycles. The van der Waals surface area contributed by atoms with Crippen LogP contribution in [-0.4, -0.2) is 44.7 Å². The molecule has 1 saturated heterocycles. The Balaban J connectivity index is 2.05. The predicted molar refractivity (Wildman–Crippen MR) is 138 cm³/mol. The molecule has 1 aliphatic heterocycles. The van der Waals surface area contributed by atoms with E-state index in [0.717, 1.165) is 0 Å². The van der Waals surface area contributed by atoms with Gasteiger partial charge in [0.05, 0.1) is 29.2 Å². The van der Waals surface area contributed by atoms with Gasteiger partial charge < -0.3 is 20.3 Å². The lowest BCUT2D eigenvalue weighted by molar-refractivity contribution is -0.143. The number of benzene rings is 1. The first-order valence-corrected chi connectivity index (χ1v) is 13.1. The van der Waals surface area contributed by atoms with Crippen LogP contribution in [0.5, 0.6) is 0 Å². The molecular formula is C27H35F6N5O2. The third kappa shape index (κ3) is 7.69. The maximum absolute atomic E-state index is 13.6. The van der Waals surface area contributed by atoms with E-state index in [0.29, 0.717) is 37.8 Å². The SMILES string of the molecule is CC[C@@H]1CC(N(Cc2cc(C(F)(F)F)cc(C(F)(F)F)c2)c2ncc(N)cn2)C[C@H](CC)N1C(=O)OC(C)(C)C. The van der Waals surface area contributed by atoms with Crippen molar-refractivity contribution in [3.05, 3.63) is 47.3 Å². The molecule has 1 aliphatic rings. The summed E-state index contributed by atoms with van der Waals surface area (Å²) in [6, 6.07) is 0.548. The molecule has 222 valence electrons. The van der Waals surface area contributed by atoms with Crippen LogP contribution in [0.25, 0.3) is 0 Å². The summed E-state index contributed by atoms with van der Waals surface area (Å²) in [6.07, 6.45) is -5.88. The van der Waals surface area contributed by atoms with Crippen LogP contribution in [0.15, 0.2) is 30.6 Å². The Labute approximate surface area is 229 Å². The summed E-state index contributed by atoms with van der Waals surface area (Å²) in [6.45, 7) is 8.80. The highest BCUT2D eigenvalue weighted by atomic mass is 19.4. The Kier molecular flexibility index (Phi) is 9.15. The molecule has 7 nitrogen and oxygen atoms in total. The summed E-state index contributed by atoms with van der Waals surface area (Å²) in [7, 11) is 0. The summed E-state index contributed by atoms with van der Waals surface area (Å²) in [5, 5.41) is 0. The number of alkyl halides is 6. The van der Waals surface area contributed by atoms with Crippen molar-refractivity contribution in [3.63, 3.8) is 0 Å². The van der Waals surface area contributed by atoms with E-state index < -0.39 is 41.2 Å². The summed E-state index contributed by atoms with van der Waals surface area (Å²) in [5.41, 5.74) is 2.28. The molecule has 0 spiro atoms. The molecule has 1 aromatic carbocycles. The minimum absolute atomic E-state index is 0.104. The number of carbonyl (C=O) groups excluding carboxylic acids is 1. The van der Waals surface area contributed by atoms with Crippen molar-refractivity contribution in [1.29, 1.82) is 0 Å². The molecular weight excluding hydrogens is 540 g/mol. The lowest BCUT2D eigenvalue weighted by Gasteiger charge is -2.48. The van der Waals surface area contributed by atoms with Gasteiger partial charge in [0.15, 0.2) is 0 Å². The van der Waals surface area contributed by atoms with Crippen LogP contribution in [0, 0.1) is 0 Å². The van der Waals surface area contributed by atoms with E-state index in [1.165, 1.54) is 12.4 Å². The fraction of sp³-hybridized carbons (Fsp3) is 0.593. The minimum atomic E-state index is -4.97. The zero-order chi connectivity index (χ0) is 30.0. The number of piperidine rings is 1. The molecule has 3 atom stereocenters. The van der Waals surface area contributed by atoms with Crippen molar-refractivity contribution in [1.82, 2.24) is 14.9 Å². The monoisotopic (exact) mass is 575 g/mol. The summed E-state index contributed by atoms with van der Waals surface area (Å²) in [4.78, 5) is 24.9. The van der Waals surface area contributed by atoms with E-state index >= 15 is 0 Å². The second-order valence-electron chi connectivity index (χ2n) is 11.0. The first-order valence-electron chi connectivity index (χ1n) is 13.1. The zero-order valence-corrected chi connectivity index (χ0v) is 23.1. The third-order valence-electron chi connectivity index (χ3n) is 6.78. The van der Waals surface area contributed by atoms with Crippen LogP contribution in [0.3, 0.4) is 0 Å². The van der Waals surface area contributed by atoms with Gasteiger partial charge in [-0.25, -0.2) is 14.8 Å². The molecule has 0 aliphatic carbocycles. The molecule has 1 unspecified atom stereocenters. The van der Waals surface area contributed by atoms with Crippen LogP contribution in [0.2, 0.25) is 0 Å². The predicted octanol–water partition coefficient (Wildman–Crippen LogP) is 7.06. The normalized spacial score (nSPS) is 20.4. The lowest BCUT2D eigenvalue weighted by atomic mass is 9.87. The van der Waals surface area contributed by atoms with Crippen molar-refractivity contribution < 1.29 is 35.9 Å². The van der Waals surface area contributed by atoms with Gasteiger partial charge in [-0.2, -0.15) is 26.3 Å². The minimum Gasteiger partial charge on any atom is -0.444 e. The maximum Gasteiger partial charge on any atom is 0.416 e. The maximum atomic E-state index is 13.6. The van der Waals surface area contributed by atoms with Gasteiger partial charge >= 0.3 is 18.4 Å². The number of nitrogens with zero attached hydrogens (tertiary/aromatic N) is 4. The molecule has 1 aromatic heterocycles. The number of aromatic nitrogens is 2. The van der Waals surface area contributed by atoms with Gasteiger partial charge in [0.1, 0.15) is 5.60 Å². The van der Waals surface area contributed by atoms with E-state index in [9.17, 15) is 31.1 Å². The van der Waals surface area contributed by atoms with Gasteiger partial charge in [-0.3, -0.25) is 0 Å². The first-order chi connectivity index (χ1) is 18.4. The Bertz CT molecular complexity index is 1120. The highest BCUT2D eigenvalue weighted by Crippen LogP contribution is 2.38. The number of likely N-dealkylation sites (tertiary alicyclic amines) is 1. The molecule has 1 fully saturated rings. The highest BCUT2D eigenvalue weighted by Gasteiger charge is 2.42. The highest BCUT2D eigenvalue weighted by molar-refractivity contribution is 5.69. The number of rotatable bonds is 6. The second-order valence-corrected chi connectivity index (χ2v) is 11.0. The van der Waals surface area contributed by atoms with Crippen molar-refractivity contribution >= 4 is 17.7 Å². The van der Waals surface area contributed by atoms with Gasteiger partial charge in [0.25, 0.3) is 0 Å². The van der Waals surface area contributed by atoms with Gasteiger partial charge in [0.2, 0.25) is 5.95 Å². The third-order valence-corrected chi connectivity index (χ3v) is 6.78. The van der Waals surface area contributed by atoms with Crippen LogP contribution in [0.1, 0.15) is 77.0 Å². The summed E-state index contributed by atoms with van der Waals surface area (Å²) < 4.78 is 87.0. The molecule has 3 rings (SSSR count). The van der Waals surface area contributed by atoms with E-state index in [1.54, 1.807) is 30.6 Å². The van der Waals surface area contributed by atoms with Crippen molar-refractivity contribution in [2.45, 2.75) is 103 Å². The average Bonchev–Trinajstić information content (AvgIpc) is 2.84. The zero-order valence-electron chi connectivity index (χ0n) is 23.1. The number of nitrogen functional groups attached to an aromatic ring is 1. The van der Waals surface area contributed by atoms with E-state index in [-0.39, 0.29) is 41.9 Å². The Morgan fingerprint density at radius 3 is 1.82 bits per heavy atom. The van der Waals surface area contributed by atoms with E-state index in [1.807, 2.05) is 13.8 Å². The van der Waals surface area contributed by atoms with Crippen molar-refractivity contribution in [2.75, 3.05) is 10.6 Å². The van der Waals surface area contributed by atoms with Crippen LogP contribution < -0.4 is 10.6 Å². The molecule has 13 heteroatoms. The number of hydrogen-bond acceptors (Lipinski definition) is 6. The van der Waals surface area contributed by atoms with Crippen LogP contribution >= 0.6 is 0 Å². The Morgan fingerprint density at radius 2 is 1.43 bits per heavy atom. The largest absolute Gasteiger partial charge is 0.444 e. The fourth-order valence-corrected chi connectivity index (χ4v) is 4.99. The average molecular weight is 576 g/mol. The van der Waals surface area contributed by atoms with E-state index in [4.69, 9.17) is 10.5 Å². The Hall–Kier alpha value is -3.25. The first kappa shape index (κ1) is 31.3. The lowest BCUT2D eigenvalue weighted by Crippen LogP contribution is -2.57. The second kappa shape index (κ2) is 11.7. The topological polar surface area (TPSA) is 84.6 Å². The van der Waals surface area contributed by atoms with Gasteiger partial charge in [-0.15, -0.1) is 0 Å². The summed E-state index contributed by atoms with van der Waals surface area (Å²) in [5.74, 6) is 0.112. The molecule has 40 heavy (non-hydrogen) atoms. The molecule has 0 saturated carbocycles. The number of anilines is 2. The molecule has 0 radical (unpaired) electrons. The number of ether oxygens (including phenoxy) is 1. The van der Waals surface area contributed by atoms with Gasteiger partial charge in [-0.1, -0.05) is 13.8 Å². The molecule has 2 N–H and O–H groups in total. The van der Waals surface area contributed by atoms with Crippen LogP contribution in [0.4, 0.5) is 42.8 Å². The number of hydrogen-bond donors (Lipinski definition) is 1.